The van der Waals surface area contributed by atoms with Gasteiger partial charge in [-0.25, -0.2) is 0 Å². The standard InChI is InChI=1S/C11H18O2S/c1-3-4-5-9(12)10(13)11-8(2)6-7-14-11/h6-7,9-10,12-13H,3-5H2,1-2H3. The molecular weight excluding hydrogens is 196 g/mol. The quantitative estimate of drug-likeness (QED) is 0.791. The van der Waals surface area contributed by atoms with Crippen LogP contribution in [0.15, 0.2) is 11.4 Å². The number of hydrogen-bond acceptors (Lipinski definition) is 3. The van der Waals surface area contributed by atoms with E-state index in [9.17, 15) is 10.2 Å². The summed E-state index contributed by atoms with van der Waals surface area (Å²) < 4.78 is 0. The summed E-state index contributed by atoms with van der Waals surface area (Å²) in [4.78, 5) is 0.897. The van der Waals surface area contributed by atoms with Gasteiger partial charge in [0.25, 0.3) is 0 Å². The molecule has 0 radical (unpaired) electrons. The number of unbranched alkanes of at least 4 members (excludes halogenated alkanes) is 1. The highest BCUT2D eigenvalue weighted by Crippen LogP contribution is 2.27. The number of hydrogen-bond donors (Lipinski definition) is 2. The summed E-state index contributed by atoms with van der Waals surface area (Å²) >= 11 is 1.51. The average molecular weight is 214 g/mol. The molecule has 1 heterocycles. The molecule has 0 spiro atoms. The van der Waals surface area contributed by atoms with E-state index in [2.05, 4.69) is 6.92 Å². The monoisotopic (exact) mass is 214 g/mol. The molecule has 0 aliphatic heterocycles. The van der Waals surface area contributed by atoms with E-state index in [1.54, 1.807) is 0 Å². The van der Waals surface area contributed by atoms with E-state index in [0.29, 0.717) is 6.42 Å². The third-order valence-corrected chi connectivity index (χ3v) is 3.48. The first kappa shape index (κ1) is 11.7. The Morgan fingerprint density at radius 1 is 1.43 bits per heavy atom. The zero-order valence-corrected chi connectivity index (χ0v) is 9.55. The van der Waals surface area contributed by atoms with E-state index in [4.69, 9.17) is 0 Å². The lowest BCUT2D eigenvalue weighted by atomic mass is 10.0. The van der Waals surface area contributed by atoms with E-state index in [-0.39, 0.29) is 0 Å². The molecule has 0 fully saturated rings. The second kappa shape index (κ2) is 5.49. The first-order valence-electron chi connectivity index (χ1n) is 5.07. The molecule has 2 nitrogen and oxygen atoms in total. The van der Waals surface area contributed by atoms with E-state index >= 15 is 0 Å². The summed E-state index contributed by atoms with van der Waals surface area (Å²) in [5.74, 6) is 0. The summed E-state index contributed by atoms with van der Waals surface area (Å²) in [6.45, 7) is 4.04. The van der Waals surface area contributed by atoms with Crippen LogP contribution in [0.5, 0.6) is 0 Å². The van der Waals surface area contributed by atoms with Gasteiger partial charge in [0.2, 0.25) is 0 Å². The molecule has 2 N–H and O–H groups in total. The molecule has 0 saturated heterocycles. The number of aliphatic hydroxyl groups is 2. The number of aryl methyl sites for hydroxylation is 1. The molecule has 14 heavy (non-hydrogen) atoms. The van der Waals surface area contributed by atoms with Crippen molar-refractivity contribution in [3.05, 3.63) is 21.9 Å². The molecule has 1 aromatic rings. The highest BCUT2D eigenvalue weighted by atomic mass is 32.1. The first-order valence-corrected chi connectivity index (χ1v) is 5.95. The van der Waals surface area contributed by atoms with Gasteiger partial charge in [0.05, 0.1) is 6.10 Å². The SMILES string of the molecule is CCCCC(O)C(O)c1sccc1C. The highest BCUT2D eigenvalue weighted by Gasteiger charge is 2.20. The van der Waals surface area contributed by atoms with Gasteiger partial charge >= 0.3 is 0 Å². The zero-order valence-electron chi connectivity index (χ0n) is 8.73. The van der Waals surface area contributed by atoms with E-state index < -0.39 is 12.2 Å². The lowest BCUT2D eigenvalue weighted by Crippen LogP contribution is -2.17. The van der Waals surface area contributed by atoms with Crippen molar-refractivity contribution in [1.29, 1.82) is 0 Å². The third kappa shape index (κ3) is 2.80. The predicted molar refractivity (Wildman–Crippen MR) is 59.5 cm³/mol. The van der Waals surface area contributed by atoms with Gasteiger partial charge in [-0.15, -0.1) is 11.3 Å². The minimum absolute atomic E-state index is 0.618. The number of rotatable bonds is 5. The van der Waals surface area contributed by atoms with Crippen LogP contribution in [-0.4, -0.2) is 16.3 Å². The lowest BCUT2D eigenvalue weighted by Gasteiger charge is -2.17. The summed E-state index contributed by atoms with van der Waals surface area (Å²) in [7, 11) is 0. The van der Waals surface area contributed by atoms with Gasteiger partial charge in [-0.3, -0.25) is 0 Å². The molecule has 2 atom stereocenters. The smallest absolute Gasteiger partial charge is 0.114 e. The van der Waals surface area contributed by atoms with Gasteiger partial charge in [0.15, 0.2) is 0 Å². The van der Waals surface area contributed by atoms with Gasteiger partial charge in [-0.05, 0) is 30.4 Å². The topological polar surface area (TPSA) is 40.5 Å². The molecule has 1 rings (SSSR count). The Bertz CT molecular complexity index is 270. The third-order valence-electron chi connectivity index (χ3n) is 2.39. The van der Waals surface area contributed by atoms with Crippen molar-refractivity contribution in [3.8, 4) is 0 Å². The van der Waals surface area contributed by atoms with Gasteiger partial charge in [0, 0.05) is 4.88 Å². The fourth-order valence-electron chi connectivity index (χ4n) is 1.43. The van der Waals surface area contributed by atoms with Gasteiger partial charge in [-0.2, -0.15) is 0 Å². The van der Waals surface area contributed by atoms with Crippen LogP contribution in [0.4, 0.5) is 0 Å². The van der Waals surface area contributed by atoms with Crippen LogP contribution in [0.2, 0.25) is 0 Å². The minimum Gasteiger partial charge on any atom is -0.390 e. The fraction of sp³-hybridized carbons (Fsp3) is 0.636. The maximum absolute atomic E-state index is 9.85. The Morgan fingerprint density at radius 2 is 2.14 bits per heavy atom. The molecule has 3 heteroatoms. The van der Waals surface area contributed by atoms with Crippen molar-refractivity contribution in [2.45, 2.75) is 45.3 Å². The number of thiophene rings is 1. The molecule has 0 aliphatic carbocycles. The summed E-state index contributed by atoms with van der Waals surface area (Å²) in [5, 5.41) is 21.5. The molecule has 2 unspecified atom stereocenters. The average Bonchev–Trinajstić information content (AvgIpc) is 2.59. The van der Waals surface area contributed by atoms with E-state index in [0.717, 1.165) is 23.3 Å². The van der Waals surface area contributed by atoms with Gasteiger partial charge in [0.1, 0.15) is 6.10 Å². The highest BCUT2D eigenvalue weighted by molar-refractivity contribution is 7.10. The van der Waals surface area contributed by atoms with Crippen LogP contribution < -0.4 is 0 Å². The molecule has 1 aromatic heterocycles. The Hall–Kier alpha value is -0.380. The minimum atomic E-state index is -0.707. The summed E-state index contributed by atoms with van der Waals surface area (Å²) in [6, 6.07) is 1.97. The van der Waals surface area contributed by atoms with Crippen molar-refractivity contribution in [2.24, 2.45) is 0 Å². The van der Waals surface area contributed by atoms with Crippen molar-refractivity contribution >= 4 is 11.3 Å². The van der Waals surface area contributed by atoms with Gasteiger partial charge < -0.3 is 10.2 Å². The molecule has 0 bridgehead atoms. The van der Waals surface area contributed by atoms with E-state index in [1.165, 1.54) is 11.3 Å². The predicted octanol–water partition coefficient (Wildman–Crippen LogP) is 2.64. The summed E-state index contributed by atoms with van der Waals surface area (Å²) in [5.41, 5.74) is 1.07. The molecule has 0 aliphatic rings. The zero-order chi connectivity index (χ0) is 10.6. The largest absolute Gasteiger partial charge is 0.390 e. The molecule has 80 valence electrons. The van der Waals surface area contributed by atoms with Crippen molar-refractivity contribution < 1.29 is 10.2 Å². The Kier molecular flexibility index (Phi) is 4.58. The van der Waals surface area contributed by atoms with Crippen LogP contribution >= 0.6 is 11.3 Å². The Morgan fingerprint density at radius 3 is 2.64 bits per heavy atom. The normalized spacial score (nSPS) is 15.4. The van der Waals surface area contributed by atoms with Gasteiger partial charge in [-0.1, -0.05) is 19.8 Å². The second-order valence-electron chi connectivity index (χ2n) is 3.62. The molecule has 0 saturated carbocycles. The van der Waals surface area contributed by atoms with Crippen LogP contribution in [-0.2, 0) is 0 Å². The Balaban J connectivity index is 2.56. The second-order valence-corrected chi connectivity index (χ2v) is 4.57. The molecule has 0 amide bonds. The van der Waals surface area contributed by atoms with E-state index in [1.807, 2.05) is 18.4 Å². The lowest BCUT2D eigenvalue weighted by molar-refractivity contribution is 0.0140. The summed E-state index contributed by atoms with van der Waals surface area (Å²) in [6.07, 6.45) is 1.36. The maximum atomic E-state index is 9.85. The van der Waals surface area contributed by atoms with Crippen LogP contribution in [0.25, 0.3) is 0 Å². The van der Waals surface area contributed by atoms with Crippen LogP contribution in [0.1, 0.15) is 42.7 Å². The fourth-order valence-corrected chi connectivity index (χ4v) is 2.40. The van der Waals surface area contributed by atoms with Crippen molar-refractivity contribution in [3.63, 3.8) is 0 Å². The molecule has 0 aromatic carbocycles. The first-order chi connectivity index (χ1) is 6.66. The maximum Gasteiger partial charge on any atom is 0.114 e. The van der Waals surface area contributed by atoms with Crippen molar-refractivity contribution in [2.75, 3.05) is 0 Å². The van der Waals surface area contributed by atoms with Crippen molar-refractivity contribution in [1.82, 2.24) is 0 Å². The molecular formula is C11H18O2S. The Labute approximate surface area is 89.2 Å². The van der Waals surface area contributed by atoms with Crippen LogP contribution in [0.3, 0.4) is 0 Å². The van der Waals surface area contributed by atoms with Crippen LogP contribution in [0, 0.1) is 6.92 Å². The number of aliphatic hydroxyl groups excluding tert-OH is 2.